The van der Waals surface area contributed by atoms with Gasteiger partial charge in [-0.1, -0.05) is 69.2 Å². The van der Waals surface area contributed by atoms with Crippen LogP contribution < -0.4 is 0 Å². The maximum absolute atomic E-state index is 11.1. The number of esters is 1. The molecule has 0 saturated carbocycles. The van der Waals surface area contributed by atoms with Crippen molar-refractivity contribution in [3.05, 3.63) is 12.2 Å². The van der Waals surface area contributed by atoms with Gasteiger partial charge in [-0.15, -0.1) is 0 Å². The summed E-state index contributed by atoms with van der Waals surface area (Å²) in [6.45, 7) is 2.18. The summed E-state index contributed by atoms with van der Waals surface area (Å²) < 4.78 is 4.66. The first-order valence-corrected chi connectivity index (χ1v) is 10.4. The average molecular weight is 384 g/mol. The first-order valence-electron chi connectivity index (χ1n) is 10.4. The Balaban J connectivity index is 2.36. The molecule has 0 saturated heterocycles. The van der Waals surface area contributed by atoms with E-state index in [0.29, 0.717) is 6.42 Å². The predicted octanol–water partition coefficient (Wildman–Crippen LogP) is 5.28. The van der Waals surface area contributed by atoms with Crippen LogP contribution in [0, 0.1) is 5.92 Å². The average Bonchev–Trinajstić information content (AvgIpc) is 3.22. The molecule has 3 atom stereocenters. The summed E-state index contributed by atoms with van der Waals surface area (Å²) in [5.74, 6) is 0.114. The van der Waals surface area contributed by atoms with Gasteiger partial charge in [-0.25, -0.2) is 4.89 Å². The smallest absolute Gasteiger partial charge is 0.305 e. The van der Waals surface area contributed by atoms with Crippen LogP contribution in [-0.4, -0.2) is 36.8 Å². The highest BCUT2D eigenvalue weighted by atomic mass is 17.1. The van der Waals surface area contributed by atoms with Crippen molar-refractivity contribution in [2.75, 3.05) is 7.11 Å². The molecule has 0 aliphatic carbocycles. The van der Waals surface area contributed by atoms with Crippen LogP contribution in [-0.2, 0) is 19.3 Å². The quantitative estimate of drug-likeness (QED) is 0.129. The molecule has 0 spiro atoms. The molecule has 0 amide bonds. The predicted molar refractivity (Wildman–Crippen MR) is 107 cm³/mol. The molecule has 156 valence electrons. The molecule has 0 bridgehead atoms. The standard InChI is InChI=1S/C21H37NO5/c1-3-4-5-9-12-19(27-24)15-14-18(20-16-17-22-26-20)11-8-6-7-10-13-21(23)25-2/h14-15,17-20,24H,3-13,16H2,1-2H3/b15-14+/t18-,19?,20?/m1/s1. The van der Waals surface area contributed by atoms with Crippen LogP contribution >= 0.6 is 0 Å². The third kappa shape index (κ3) is 11.1. The molecule has 1 rings (SSSR count). The maximum Gasteiger partial charge on any atom is 0.305 e. The van der Waals surface area contributed by atoms with Crippen molar-refractivity contribution >= 4 is 12.2 Å². The lowest BCUT2D eigenvalue weighted by molar-refractivity contribution is -0.267. The fourth-order valence-electron chi connectivity index (χ4n) is 3.30. The molecule has 27 heavy (non-hydrogen) atoms. The monoisotopic (exact) mass is 383 g/mol. The van der Waals surface area contributed by atoms with Gasteiger partial charge in [-0.3, -0.25) is 10.1 Å². The van der Waals surface area contributed by atoms with E-state index < -0.39 is 0 Å². The number of ether oxygens (including phenoxy) is 1. The first kappa shape index (κ1) is 23.6. The van der Waals surface area contributed by atoms with Crippen molar-refractivity contribution in [1.82, 2.24) is 0 Å². The largest absolute Gasteiger partial charge is 0.469 e. The highest BCUT2D eigenvalue weighted by molar-refractivity contribution is 5.68. The Hall–Kier alpha value is -1.40. The van der Waals surface area contributed by atoms with Gasteiger partial charge in [-0.2, -0.15) is 0 Å². The van der Waals surface area contributed by atoms with Crippen LogP contribution in [0.15, 0.2) is 17.3 Å². The van der Waals surface area contributed by atoms with E-state index in [9.17, 15) is 4.79 Å². The molecule has 6 heteroatoms. The van der Waals surface area contributed by atoms with Crippen molar-refractivity contribution in [2.45, 2.75) is 96.2 Å². The van der Waals surface area contributed by atoms with Gasteiger partial charge in [0.2, 0.25) is 0 Å². The molecule has 6 nitrogen and oxygen atoms in total. The minimum Gasteiger partial charge on any atom is -0.469 e. The lowest BCUT2D eigenvalue weighted by atomic mass is 9.92. The summed E-state index contributed by atoms with van der Waals surface area (Å²) in [7, 11) is 1.43. The lowest BCUT2D eigenvalue weighted by Gasteiger charge is -2.19. The van der Waals surface area contributed by atoms with Crippen molar-refractivity contribution in [3.63, 3.8) is 0 Å². The summed E-state index contributed by atoms with van der Waals surface area (Å²) in [6.07, 6.45) is 17.5. The second-order valence-electron chi connectivity index (χ2n) is 7.24. The molecule has 0 fully saturated rings. The summed E-state index contributed by atoms with van der Waals surface area (Å²) in [5.41, 5.74) is 0. The molecule has 0 radical (unpaired) electrons. The topological polar surface area (TPSA) is 77.4 Å². The Morgan fingerprint density at radius 1 is 1.19 bits per heavy atom. The maximum atomic E-state index is 11.1. The van der Waals surface area contributed by atoms with Crippen LogP contribution in [0.5, 0.6) is 0 Å². The second-order valence-corrected chi connectivity index (χ2v) is 7.24. The second kappa shape index (κ2) is 15.6. The van der Waals surface area contributed by atoms with Gasteiger partial charge in [0.1, 0.15) is 12.2 Å². The zero-order valence-corrected chi connectivity index (χ0v) is 17.0. The lowest BCUT2D eigenvalue weighted by Crippen LogP contribution is -2.19. The van der Waals surface area contributed by atoms with Crippen molar-refractivity contribution in [1.29, 1.82) is 0 Å². The number of rotatable bonds is 16. The third-order valence-corrected chi connectivity index (χ3v) is 5.03. The Morgan fingerprint density at radius 2 is 1.93 bits per heavy atom. The molecular weight excluding hydrogens is 346 g/mol. The number of methoxy groups -OCH3 is 1. The van der Waals surface area contributed by atoms with Gasteiger partial charge < -0.3 is 9.57 Å². The van der Waals surface area contributed by atoms with Crippen LogP contribution in [0.1, 0.15) is 84.0 Å². The number of hydrogen-bond acceptors (Lipinski definition) is 6. The molecule has 1 aliphatic rings. The Labute approximate surface area is 163 Å². The van der Waals surface area contributed by atoms with E-state index in [1.54, 1.807) is 0 Å². The molecule has 1 N–H and O–H groups in total. The number of nitrogens with zero attached hydrogens (tertiary/aromatic N) is 1. The number of carbonyl (C=O) groups is 1. The van der Waals surface area contributed by atoms with E-state index in [2.05, 4.69) is 27.8 Å². The van der Waals surface area contributed by atoms with Gasteiger partial charge in [-0.05, 0) is 19.3 Å². The van der Waals surface area contributed by atoms with Gasteiger partial charge in [0.15, 0.2) is 0 Å². The number of hydrogen-bond donors (Lipinski definition) is 1. The molecule has 1 aliphatic heterocycles. The Bertz CT molecular complexity index is 430. The fraction of sp³-hybridized carbons (Fsp3) is 0.810. The number of carbonyl (C=O) groups excluding carboxylic acids is 1. The highest BCUT2D eigenvalue weighted by Gasteiger charge is 2.23. The molecule has 2 unspecified atom stereocenters. The van der Waals surface area contributed by atoms with E-state index >= 15 is 0 Å². The van der Waals surface area contributed by atoms with Crippen molar-refractivity contribution in [3.8, 4) is 0 Å². The molecule has 0 aromatic heterocycles. The zero-order chi connectivity index (χ0) is 19.7. The molecule has 0 aromatic carbocycles. The van der Waals surface area contributed by atoms with E-state index in [0.717, 1.165) is 51.4 Å². The SMILES string of the molecule is CCCCCCC(/C=C/[C@@H](CCCCCCC(=O)OC)C1CC=NO1)OO. The highest BCUT2D eigenvalue weighted by Crippen LogP contribution is 2.24. The van der Waals surface area contributed by atoms with Gasteiger partial charge in [0.05, 0.1) is 7.11 Å². The number of oxime groups is 1. The van der Waals surface area contributed by atoms with Crippen molar-refractivity contribution in [2.24, 2.45) is 11.1 Å². The minimum absolute atomic E-state index is 0.0655. The van der Waals surface area contributed by atoms with Gasteiger partial charge in [0.25, 0.3) is 0 Å². The van der Waals surface area contributed by atoms with Crippen LogP contribution in [0.4, 0.5) is 0 Å². The van der Waals surface area contributed by atoms with Crippen LogP contribution in [0.2, 0.25) is 0 Å². The van der Waals surface area contributed by atoms with E-state index in [4.69, 9.17) is 10.1 Å². The Kier molecular flexibility index (Phi) is 13.7. The fourth-order valence-corrected chi connectivity index (χ4v) is 3.30. The summed E-state index contributed by atoms with van der Waals surface area (Å²) in [6, 6.07) is 0. The summed E-state index contributed by atoms with van der Waals surface area (Å²) in [4.78, 5) is 21.2. The molecule has 1 heterocycles. The van der Waals surface area contributed by atoms with Crippen LogP contribution in [0.25, 0.3) is 0 Å². The molecular formula is C21H37NO5. The van der Waals surface area contributed by atoms with E-state index in [1.165, 1.54) is 26.4 Å². The normalized spacial score (nSPS) is 18.6. The zero-order valence-electron chi connectivity index (χ0n) is 17.0. The summed E-state index contributed by atoms with van der Waals surface area (Å²) in [5, 5.41) is 13.1. The molecule has 0 aromatic rings. The van der Waals surface area contributed by atoms with E-state index in [1.807, 2.05) is 12.3 Å². The van der Waals surface area contributed by atoms with Gasteiger partial charge >= 0.3 is 5.97 Å². The summed E-state index contributed by atoms with van der Waals surface area (Å²) >= 11 is 0. The first-order chi connectivity index (χ1) is 13.2. The van der Waals surface area contributed by atoms with Crippen LogP contribution in [0.3, 0.4) is 0 Å². The van der Waals surface area contributed by atoms with Crippen molar-refractivity contribution < 1.29 is 24.5 Å². The minimum atomic E-state index is -0.258. The number of unbranched alkanes of at least 4 members (excludes halogenated alkanes) is 6. The van der Waals surface area contributed by atoms with E-state index in [-0.39, 0.29) is 24.1 Å². The third-order valence-electron chi connectivity index (χ3n) is 5.03. The van der Waals surface area contributed by atoms with Gasteiger partial charge in [0, 0.05) is 25.0 Å². The Morgan fingerprint density at radius 3 is 2.59 bits per heavy atom.